The number of hydrogen-bond acceptors (Lipinski definition) is 9. The normalized spacial score (nSPS) is 20.3. The zero-order chi connectivity index (χ0) is 27.6. The quantitative estimate of drug-likeness (QED) is 0.172. The van der Waals surface area contributed by atoms with Gasteiger partial charge in [-0.15, -0.1) is 0 Å². The number of morpholine rings is 1. The summed E-state index contributed by atoms with van der Waals surface area (Å²) in [6.07, 6.45) is 0. The molecule has 202 valence electrons. The molecule has 2 aliphatic rings. The second-order valence-electron chi connectivity index (χ2n) is 9.11. The molecule has 2 fully saturated rings. The molecule has 0 saturated carbocycles. The van der Waals surface area contributed by atoms with Crippen LogP contribution in [0.1, 0.15) is 17.2 Å². The Hall–Kier alpha value is -3.65. The molecule has 2 aromatic carbocycles. The molecule has 2 aliphatic heterocycles. The lowest BCUT2D eigenvalue weighted by Crippen LogP contribution is -2.42. The second kappa shape index (κ2) is 11.0. The van der Waals surface area contributed by atoms with Crippen molar-refractivity contribution in [1.29, 1.82) is 0 Å². The molecule has 12 nitrogen and oxygen atoms in total. The monoisotopic (exact) mass is 544 g/mol. The van der Waals surface area contributed by atoms with Gasteiger partial charge in [-0.2, -0.15) is 0 Å². The first-order valence-corrected chi connectivity index (χ1v) is 13.3. The van der Waals surface area contributed by atoms with E-state index in [1.54, 1.807) is 0 Å². The molecule has 2 aromatic rings. The average Bonchev–Trinajstić information content (AvgIpc) is 3.17. The van der Waals surface area contributed by atoms with Crippen molar-refractivity contribution in [2.24, 2.45) is 0 Å². The van der Waals surface area contributed by atoms with Gasteiger partial charge in [-0.05, 0) is 42.0 Å². The third-order valence-electron chi connectivity index (χ3n) is 6.63. The first-order valence-electron chi connectivity index (χ1n) is 11.9. The number of aliphatic hydroxyl groups is 1. The number of rotatable bonds is 8. The number of carbonyl (C=O) groups is 2. The molecule has 13 heteroatoms. The van der Waals surface area contributed by atoms with E-state index in [-0.39, 0.29) is 28.3 Å². The molecule has 0 spiro atoms. The standard InChI is InChI=1S/C25H28N4O8S/c1-26(2)38(35,36)20-9-5-18(6-10-20)23(30)21-22(17-3-7-19(8-4-17)29(33)34)28(25(32)24(21)31)12-11-27-13-15-37-16-14-27/h3-10,22,30H,11-16H2,1-2H3/t22-/m1/s1. The van der Waals surface area contributed by atoms with Crippen LogP contribution in [0.15, 0.2) is 59.0 Å². The van der Waals surface area contributed by atoms with Crippen LogP contribution in [0, 0.1) is 10.1 Å². The number of nitro benzene ring substituents is 1. The molecule has 0 unspecified atom stereocenters. The van der Waals surface area contributed by atoms with Crippen LogP contribution < -0.4 is 0 Å². The summed E-state index contributed by atoms with van der Waals surface area (Å²) in [7, 11) is -0.923. The molecule has 0 bridgehead atoms. The molecule has 2 saturated heterocycles. The number of nitro groups is 1. The summed E-state index contributed by atoms with van der Waals surface area (Å²) >= 11 is 0. The van der Waals surface area contributed by atoms with E-state index < -0.39 is 38.4 Å². The van der Waals surface area contributed by atoms with E-state index in [4.69, 9.17) is 4.74 Å². The van der Waals surface area contributed by atoms with E-state index in [1.807, 2.05) is 0 Å². The zero-order valence-electron chi connectivity index (χ0n) is 20.9. The lowest BCUT2D eigenvalue weighted by molar-refractivity contribution is -0.384. The number of sulfonamides is 1. The van der Waals surface area contributed by atoms with E-state index >= 15 is 0 Å². The van der Waals surface area contributed by atoms with Gasteiger partial charge in [0.2, 0.25) is 10.0 Å². The minimum atomic E-state index is -3.71. The summed E-state index contributed by atoms with van der Waals surface area (Å²) in [6.45, 7) is 3.12. The van der Waals surface area contributed by atoms with Crippen molar-refractivity contribution in [2.75, 3.05) is 53.5 Å². The van der Waals surface area contributed by atoms with Gasteiger partial charge in [-0.25, -0.2) is 12.7 Å². The van der Waals surface area contributed by atoms with Crippen molar-refractivity contribution in [3.8, 4) is 0 Å². The summed E-state index contributed by atoms with van der Waals surface area (Å²) < 4.78 is 31.2. The topological polar surface area (TPSA) is 151 Å². The van der Waals surface area contributed by atoms with Crippen molar-refractivity contribution in [3.05, 3.63) is 75.3 Å². The summed E-state index contributed by atoms with van der Waals surface area (Å²) in [5.74, 6) is -2.15. The van der Waals surface area contributed by atoms with E-state index in [2.05, 4.69) is 4.90 Å². The van der Waals surface area contributed by atoms with E-state index in [9.17, 15) is 33.2 Å². The number of nitrogens with zero attached hydrogens (tertiary/aromatic N) is 4. The van der Waals surface area contributed by atoms with Crippen LogP contribution >= 0.6 is 0 Å². The highest BCUT2D eigenvalue weighted by molar-refractivity contribution is 7.89. The summed E-state index contributed by atoms with van der Waals surface area (Å²) in [4.78, 5) is 40.4. The van der Waals surface area contributed by atoms with Crippen molar-refractivity contribution in [2.45, 2.75) is 10.9 Å². The smallest absolute Gasteiger partial charge is 0.295 e. The molecule has 1 N–H and O–H groups in total. The summed E-state index contributed by atoms with van der Waals surface area (Å²) in [5, 5.41) is 22.4. The fourth-order valence-electron chi connectivity index (χ4n) is 4.46. The van der Waals surface area contributed by atoms with Crippen molar-refractivity contribution in [3.63, 3.8) is 0 Å². The van der Waals surface area contributed by atoms with Crippen LogP contribution in [0.5, 0.6) is 0 Å². The maximum Gasteiger partial charge on any atom is 0.295 e. The molecule has 0 radical (unpaired) electrons. The molecule has 4 rings (SSSR count). The molecule has 0 aromatic heterocycles. The largest absolute Gasteiger partial charge is 0.507 e. The molecular weight excluding hydrogens is 516 g/mol. The Morgan fingerprint density at radius 3 is 2.21 bits per heavy atom. The van der Waals surface area contributed by atoms with Crippen molar-refractivity contribution in [1.82, 2.24) is 14.1 Å². The second-order valence-corrected chi connectivity index (χ2v) is 11.3. The Labute approximate surface area is 219 Å². The number of aliphatic hydroxyl groups excluding tert-OH is 1. The highest BCUT2D eigenvalue weighted by Gasteiger charge is 2.46. The molecule has 1 amide bonds. The van der Waals surface area contributed by atoms with Gasteiger partial charge in [-0.3, -0.25) is 24.6 Å². The van der Waals surface area contributed by atoms with Crippen LogP contribution in [0.2, 0.25) is 0 Å². The average molecular weight is 545 g/mol. The lowest BCUT2D eigenvalue weighted by atomic mass is 9.95. The van der Waals surface area contributed by atoms with E-state index in [0.29, 0.717) is 38.4 Å². The van der Waals surface area contributed by atoms with Gasteiger partial charge in [0.1, 0.15) is 5.76 Å². The third-order valence-corrected chi connectivity index (χ3v) is 8.46. The Morgan fingerprint density at radius 1 is 1.05 bits per heavy atom. The Bertz CT molecular complexity index is 1370. The maximum atomic E-state index is 13.2. The number of ketones is 1. The minimum absolute atomic E-state index is 0.00284. The van der Waals surface area contributed by atoms with Gasteiger partial charge in [-0.1, -0.05) is 0 Å². The predicted molar refractivity (Wildman–Crippen MR) is 137 cm³/mol. The number of likely N-dealkylation sites (tertiary alicyclic amines) is 1. The third kappa shape index (κ3) is 5.31. The molecule has 0 aliphatic carbocycles. The van der Waals surface area contributed by atoms with Crippen LogP contribution in [-0.4, -0.2) is 97.7 Å². The first-order chi connectivity index (χ1) is 18.0. The Kier molecular flexibility index (Phi) is 7.92. The highest BCUT2D eigenvalue weighted by atomic mass is 32.2. The number of Topliss-reactive ketones (excluding diaryl/α,β-unsaturated/α-hetero) is 1. The number of hydrogen-bond donors (Lipinski definition) is 1. The van der Waals surface area contributed by atoms with Gasteiger partial charge in [0.15, 0.2) is 0 Å². The van der Waals surface area contributed by atoms with Crippen LogP contribution in [0.25, 0.3) is 5.76 Å². The summed E-state index contributed by atoms with van der Waals surface area (Å²) in [5.41, 5.74) is 0.247. The highest BCUT2D eigenvalue weighted by Crippen LogP contribution is 2.39. The van der Waals surface area contributed by atoms with Gasteiger partial charge >= 0.3 is 0 Å². The zero-order valence-corrected chi connectivity index (χ0v) is 21.8. The number of non-ortho nitro benzene ring substituents is 1. The Morgan fingerprint density at radius 2 is 1.66 bits per heavy atom. The van der Waals surface area contributed by atoms with Crippen LogP contribution in [0.4, 0.5) is 5.69 Å². The van der Waals surface area contributed by atoms with E-state index in [1.165, 1.54) is 67.5 Å². The van der Waals surface area contributed by atoms with Gasteiger partial charge in [0.05, 0.1) is 34.6 Å². The molecular formula is C25H28N4O8S. The van der Waals surface area contributed by atoms with Crippen LogP contribution in [-0.2, 0) is 24.3 Å². The van der Waals surface area contributed by atoms with E-state index in [0.717, 1.165) is 4.31 Å². The number of amides is 1. The fourth-order valence-corrected chi connectivity index (χ4v) is 5.36. The molecule has 1 atom stereocenters. The van der Waals surface area contributed by atoms with Gasteiger partial charge in [0, 0.05) is 58.0 Å². The summed E-state index contributed by atoms with van der Waals surface area (Å²) in [6, 6.07) is 9.81. The molecule has 2 heterocycles. The first kappa shape index (κ1) is 27.4. The van der Waals surface area contributed by atoms with Crippen molar-refractivity contribution >= 4 is 33.2 Å². The maximum absolute atomic E-state index is 13.2. The van der Waals surface area contributed by atoms with Crippen molar-refractivity contribution < 1.29 is 32.8 Å². The number of carbonyl (C=O) groups excluding carboxylic acids is 2. The van der Waals surface area contributed by atoms with Gasteiger partial charge in [0.25, 0.3) is 17.4 Å². The number of benzene rings is 2. The predicted octanol–water partition coefficient (Wildman–Crippen LogP) is 1.60. The molecule has 38 heavy (non-hydrogen) atoms. The Balaban J connectivity index is 1.74. The lowest BCUT2D eigenvalue weighted by Gasteiger charge is -2.31. The number of ether oxygens (including phenoxy) is 1. The minimum Gasteiger partial charge on any atom is -0.507 e. The fraction of sp³-hybridized carbons (Fsp3) is 0.360. The SMILES string of the molecule is CN(C)S(=O)(=O)c1ccc(C(O)=C2C(=O)C(=O)N(CCN3CCOCC3)[C@@H]2c2ccc([N+](=O)[O-])cc2)cc1. The van der Waals surface area contributed by atoms with Crippen LogP contribution in [0.3, 0.4) is 0 Å². The van der Waals surface area contributed by atoms with Gasteiger partial charge < -0.3 is 14.7 Å².